The van der Waals surface area contributed by atoms with E-state index in [1.807, 2.05) is 30.3 Å². The minimum atomic E-state index is -0.440. The number of benzene rings is 1. The Labute approximate surface area is 117 Å². The van der Waals surface area contributed by atoms with Crippen LogP contribution in [0, 0.1) is 0 Å². The van der Waals surface area contributed by atoms with Crippen molar-refractivity contribution in [2.24, 2.45) is 0 Å². The van der Waals surface area contributed by atoms with Gasteiger partial charge in [0.1, 0.15) is 11.9 Å². The van der Waals surface area contributed by atoms with Gasteiger partial charge in [-0.05, 0) is 6.92 Å². The molecular weight excluding hydrogens is 256 g/mol. The molecule has 106 valence electrons. The van der Waals surface area contributed by atoms with Gasteiger partial charge in [0.25, 0.3) is 0 Å². The van der Waals surface area contributed by atoms with Crippen LogP contribution in [0.3, 0.4) is 0 Å². The first-order chi connectivity index (χ1) is 9.70. The summed E-state index contributed by atoms with van der Waals surface area (Å²) >= 11 is 0. The van der Waals surface area contributed by atoms with E-state index in [9.17, 15) is 4.79 Å². The second-order valence-electron chi connectivity index (χ2n) is 4.39. The fourth-order valence-electron chi connectivity index (χ4n) is 1.68. The molecule has 1 atom stereocenters. The highest BCUT2D eigenvalue weighted by atomic mass is 16.5. The molecule has 0 saturated carbocycles. The number of hydrogen-bond acceptors (Lipinski definition) is 4. The van der Waals surface area contributed by atoms with Crippen molar-refractivity contribution >= 4 is 5.91 Å². The summed E-state index contributed by atoms with van der Waals surface area (Å²) in [5.41, 5.74) is 0.965. The van der Waals surface area contributed by atoms with Gasteiger partial charge in [-0.1, -0.05) is 30.3 Å². The SMILES string of the molecule is CO[C@H](C)C(=O)NCCc1nc(-c2ccccc2)n[nH]1. The summed E-state index contributed by atoms with van der Waals surface area (Å²) in [6.45, 7) is 2.20. The standard InChI is InChI=1S/C14H18N4O2/c1-10(20-2)14(19)15-9-8-12-16-13(18-17-12)11-6-4-3-5-7-11/h3-7,10H,8-9H2,1-2H3,(H,15,19)(H,16,17,18)/t10-/m1/s1. The van der Waals surface area contributed by atoms with E-state index >= 15 is 0 Å². The van der Waals surface area contributed by atoms with Crippen LogP contribution >= 0.6 is 0 Å². The van der Waals surface area contributed by atoms with E-state index in [0.29, 0.717) is 18.8 Å². The van der Waals surface area contributed by atoms with Crippen LogP contribution in [0.15, 0.2) is 30.3 Å². The van der Waals surface area contributed by atoms with Crippen molar-refractivity contribution in [3.63, 3.8) is 0 Å². The van der Waals surface area contributed by atoms with E-state index < -0.39 is 6.10 Å². The molecule has 0 spiro atoms. The number of methoxy groups -OCH3 is 1. The molecule has 1 aromatic heterocycles. The minimum absolute atomic E-state index is 0.129. The number of H-pyrrole nitrogens is 1. The molecule has 0 bridgehead atoms. The average molecular weight is 274 g/mol. The summed E-state index contributed by atoms with van der Waals surface area (Å²) in [6, 6.07) is 9.74. The van der Waals surface area contributed by atoms with E-state index in [1.165, 1.54) is 7.11 Å². The Morgan fingerprint density at radius 3 is 2.85 bits per heavy atom. The van der Waals surface area contributed by atoms with Gasteiger partial charge in [0, 0.05) is 25.6 Å². The maximum absolute atomic E-state index is 11.5. The maximum Gasteiger partial charge on any atom is 0.248 e. The number of aromatic nitrogens is 3. The van der Waals surface area contributed by atoms with Crippen molar-refractivity contribution in [3.8, 4) is 11.4 Å². The zero-order chi connectivity index (χ0) is 14.4. The van der Waals surface area contributed by atoms with Crippen LogP contribution in [-0.4, -0.2) is 40.8 Å². The number of amides is 1. The van der Waals surface area contributed by atoms with Crippen molar-refractivity contribution in [2.45, 2.75) is 19.4 Å². The van der Waals surface area contributed by atoms with Crippen LogP contribution in [-0.2, 0) is 16.0 Å². The number of aromatic amines is 1. The molecule has 0 radical (unpaired) electrons. The molecule has 0 aliphatic rings. The van der Waals surface area contributed by atoms with Gasteiger partial charge in [0.15, 0.2) is 5.82 Å². The monoisotopic (exact) mass is 274 g/mol. The van der Waals surface area contributed by atoms with Crippen molar-refractivity contribution in [1.82, 2.24) is 20.5 Å². The molecule has 0 fully saturated rings. The molecule has 2 aromatic rings. The molecule has 2 N–H and O–H groups in total. The van der Waals surface area contributed by atoms with Crippen LogP contribution in [0.1, 0.15) is 12.7 Å². The fourth-order valence-corrected chi connectivity index (χ4v) is 1.68. The molecule has 1 aromatic carbocycles. The lowest BCUT2D eigenvalue weighted by atomic mass is 10.2. The van der Waals surface area contributed by atoms with Crippen molar-refractivity contribution in [2.75, 3.05) is 13.7 Å². The molecular formula is C14H18N4O2. The number of carbonyl (C=O) groups is 1. The van der Waals surface area contributed by atoms with Gasteiger partial charge in [-0.15, -0.1) is 0 Å². The van der Waals surface area contributed by atoms with Crippen molar-refractivity contribution in [3.05, 3.63) is 36.2 Å². The Kier molecular flexibility index (Phi) is 4.84. The maximum atomic E-state index is 11.5. The van der Waals surface area contributed by atoms with E-state index in [4.69, 9.17) is 4.74 Å². The highest BCUT2D eigenvalue weighted by molar-refractivity contribution is 5.80. The Morgan fingerprint density at radius 2 is 2.15 bits per heavy atom. The summed E-state index contributed by atoms with van der Waals surface area (Å²) in [5, 5.41) is 9.82. The molecule has 0 aliphatic carbocycles. The second kappa shape index (κ2) is 6.81. The topological polar surface area (TPSA) is 79.9 Å². The zero-order valence-electron chi connectivity index (χ0n) is 11.6. The number of nitrogens with zero attached hydrogens (tertiary/aromatic N) is 2. The highest BCUT2D eigenvalue weighted by Crippen LogP contribution is 2.13. The molecule has 0 unspecified atom stereocenters. The number of nitrogens with one attached hydrogen (secondary N) is 2. The van der Waals surface area contributed by atoms with E-state index in [-0.39, 0.29) is 5.91 Å². The summed E-state index contributed by atoms with van der Waals surface area (Å²) in [4.78, 5) is 15.9. The van der Waals surface area contributed by atoms with E-state index in [0.717, 1.165) is 11.4 Å². The Bertz CT molecular complexity index is 553. The van der Waals surface area contributed by atoms with E-state index in [2.05, 4.69) is 20.5 Å². The molecule has 0 saturated heterocycles. The first-order valence-corrected chi connectivity index (χ1v) is 6.48. The Morgan fingerprint density at radius 1 is 1.40 bits per heavy atom. The Balaban J connectivity index is 1.86. The number of rotatable bonds is 6. The van der Waals surface area contributed by atoms with Crippen LogP contribution in [0.5, 0.6) is 0 Å². The van der Waals surface area contributed by atoms with E-state index in [1.54, 1.807) is 6.92 Å². The summed E-state index contributed by atoms with van der Waals surface area (Å²) < 4.78 is 4.93. The zero-order valence-corrected chi connectivity index (χ0v) is 11.6. The van der Waals surface area contributed by atoms with Gasteiger partial charge in [-0.2, -0.15) is 5.10 Å². The first kappa shape index (κ1) is 14.2. The molecule has 20 heavy (non-hydrogen) atoms. The molecule has 1 amide bonds. The fraction of sp³-hybridized carbons (Fsp3) is 0.357. The average Bonchev–Trinajstić information content (AvgIpc) is 2.96. The van der Waals surface area contributed by atoms with Crippen LogP contribution in [0.4, 0.5) is 0 Å². The third-order valence-corrected chi connectivity index (χ3v) is 2.95. The Hall–Kier alpha value is -2.21. The number of carbonyl (C=O) groups excluding carboxylic acids is 1. The third-order valence-electron chi connectivity index (χ3n) is 2.95. The molecule has 6 nitrogen and oxygen atoms in total. The van der Waals surface area contributed by atoms with Crippen molar-refractivity contribution < 1.29 is 9.53 Å². The van der Waals surface area contributed by atoms with Gasteiger partial charge < -0.3 is 10.1 Å². The molecule has 0 aliphatic heterocycles. The quantitative estimate of drug-likeness (QED) is 0.828. The smallest absolute Gasteiger partial charge is 0.248 e. The molecule has 6 heteroatoms. The third kappa shape index (κ3) is 3.64. The lowest BCUT2D eigenvalue weighted by Gasteiger charge is -2.09. The van der Waals surface area contributed by atoms with Gasteiger partial charge in [0.05, 0.1) is 0 Å². The molecule has 1 heterocycles. The summed E-state index contributed by atoms with van der Waals surface area (Å²) in [7, 11) is 1.51. The second-order valence-corrected chi connectivity index (χ2v) is 4.39. The number of hydrogen-bond donors (Lipinski definition) is 2. The van der Waals surface area contributed by atoms with Crippen LogP contribution in [0.25, 0.3) is 11.4 Å². The molecule has 2 rings (SSSR count). The lowest BCUT2D eigenvalue weighted by Crippen LogP contribution is -2.35. The largest absolute Gasteiger partial charge is 0.372 e. The van der Waals surface area contributed by atoms with Crippen LogP contribution < -0.4 is 5.32 Å². The number of ether oxygens (including phenoxy) is 1. The predicted octanol–water partition coefficient (Wildman–Crippen LogP) is 1.17. The summed E-state index contributed by atoms with van der Waals surface area (Å²) in [6.07, 6.45) is 0.159. The van der Waals surface area contributed by atoms with Crippen LogP contribution in [0.2, 0.25) is 0 Å². The predicted molar refractivity (Wildman–Crippen MR) is 75.0 cm³/mol. The van der Waals surface area contributed by atoms with Crippen molar-refractivity contribution in [1.29, 1.82) is 0 Å². The first-order valence-electron chi connectivity index (χ1n) is 6.48. The van der Waals surface area contributed by atoms with Gasteiger partial charge in [-0.3, -0.25) is 9.89 Å². The van der Waals surface area contributed by atoms with Gasteiger partial charge >= 0.3 is 0 Å². The highest BCUT2D eigenvalue weighted by Gasteiger charge is 2.11. The minimum Gasteiger partial charge on any atom is -0.372 e. The lowest BCUT2D eigenvalue weighted by molar-refractivity contribution is -0.129. The summed E-state index contributed by atoms with van der Waals surface area (Å²) in [5.74, 6) is 1.28. The van der Waals surface area contributed by atoms with Gasteiger partial charge in [-0.25, -0.2) is 4.98 Å². The normalized spacial score (nSPS) is 12.1. The van der Waals surface area contributed by atoms with Gasteiger partial charge in [0.2, 0.25) is 5.91 Å².